The highest BCUT2D eigenvalue weighted by atomic mass is 16.1. The first kappa shape index (κ1) is 18.8. The summed E-state index contributed by atoms with van der Waals surface area (Å²) in [5.74, 6) is 5.03. The third-order valence-corrected chi connectivity index (χ3v) is 9.79. The Bertz CT molecular complexity index is 589. The van der Waals surface area contributed by atoms with E-state index in [1.165, 1.54) is 63.4 Å². The average Bonchev–Trinajstić information content (AvgIpc) is 2.97. The SMILES string of the molecule is CCCC(CC)C1CCC2C3CCC4=CC(=O)CC[C@]4(C)C3CC[C@]12C. The maximum Gasteiger partial charge on any atom is 0.155 e. The topological polar surface area (TPSA) is 17.1 Å². The van der Waals surface area contributed by atoms with Gasteiger partial charge in [-0.3, -0.25) is 4.79 Å². The molecule has 0 aromatic heterocycles. The molecule has 3 saturated carbocycles. The van der Waals surface area contributed by atoms with Crippen molar-refractivity contribution in [3.05, 3.63) is 11.6 Å². The largest absolute Gasteiger partial charge is 0.295 e. The van der Waals surface area contributed by atoms with Crippen LogP contribution in [0, 0.1) is 40.4 Å². The van der Waals surface area contributed by atoms with E-state index in [-0.39, 0.29) is 0 Å². The Morgan fingerprint density at radius 3 is 2.58 bits per heavy atom. The Kier molecular flexibility index (Phi) is 4.89. The molecule has 0 amide bonds. The van der Waals surface area contributed by atoms with Gasteiger partial charge in [0.05, 0.1) is 0 Å². The second kappa shape index (κ2) is 6.78. The fourth-order valence-corrected chi connectivity index (χ4v) is 8.43. The van der Waals surface area contributed by atoms with Gasteiger partial charge in [-0.1, -0.05) is 52.5 Å². The van der Waals surface area contributed by atoms with Gasteiger partial charge in [-0.15, -0.1) is 0 Å². The summed E-state index contributed by atoms with van der Waals surface area (Å²) in [6.07, 6.45) is 16.5. The molecule has 4 aliphatic carbocycles. The van der Waals surface area contributed by atoms with E-state index in [2.05, 4.69) is 33.8 Å². The van der Waals surface area contributed by atoms with E-state index in [1.807, 2.05) is 0 Å². The van der Waals surface area contributed by atoms with Crippen molar-refractivity contribution in [2.24, 2.45) is 40.4 Å². The Labute approximate surface area is 161 Å². The van der Waals surface area contributed by atoms with Crippen LogP contribution in [0.25, 0.3) is 0 Å². The number of ketones is 1. The van der Waals surface area contributed by atoms with E-state index >= 15 is 0 Å². The lowest BCUT2D eigenvalue weighted by molar-refractivity contribution is -0.117. The summed E-state index contributed by atoms with van der Waals surface area (Å²) < 4.78 is 0. The zero-order valence-electron chi connectivity index (χ0n) is 17.7. The number of carbonyl (C=O) groups excluding carboxylic acids is 1. The van der Waals surface area contributed by atoms with Gasteiger partial charge in [-0.2, -0.15) is 0 Å². The van der Waals surface area contributed by atoms with Gasteiger partial charge >= 0.3 is 0 Å². The second-order valence-corrected chi connectivity index (χ2v) is 10.7. The monoisotopic (exact) mass is 356 g/mol. The van der Waals surface area contributed by atoms with Crippen LogP contribution in [0.4, 0.5) is 0 Å². The molecule has 0 bridgehead atoms. The molecule has 0 aliphatic heterocycles. The van der Waals surface area contributed by atoms with Crippen LogP contribution < -0.4 is 0 Å². The highest BCUT2D eigenvalue weighted by Crippen LogP contribution is 2.67. The Morgan fingerprint density at radius 1 is 1.04 bits per heavy atom. The van der Waals surface area contributed by atoms with Crippen molar-refractivity contribution < 1.29 is 4.79 Å². The molecule has 0 aromatic carbocycles. The molecule has 0 heterocycles. The van der Waals surface area contributed by atoms with Crippen molar-refractivity contribution in [2.45, 2.75) is 98.3 Å². The quantitative estimate of drug-likeness (QED) is 0.532. The molecular formula is C25H40O. The van der Waals surface area contributed by atoms with Crippen molar-refractivity contribution in [1.29, 1.82) is 0 Å². The Balaban J connectivity index is 1.60. The fraction of sp³-hybridized carbons (Fsp3) is 0.880. The van der Waals surface area contributed by atoms with Crippen molar-refractivity contribution in [3.63, 3.8) is 0 Å². The van der Waals surface area contributed by atoms with Crippen LogP contribution >= 0.6 is 0 Å². The van der Waals surface area contributed by atoms with Crippen LogP contribution in [0.3, 0.4) is 0 Å². The summed E-state index contributed by atoms with van der Waals surface area (Å²) in [4.78, 5) is 12.0. The van der Waals surface area contributed by atoms with Gasteiger partial charge in [0, 0.05) is 6.42 Å². The van der Waals surface area contributed by atoms with Gasteiger partial charge in [0.25, 0.3) is 0 Å². The first-order chi connectivity index (χ1) is 12.4. The molecule has 4 rings (SSSR count). The third-order valence-electron chi connectivity index (χ3n) is 9.79. The van der Waals surface area contributed by atoms with Crippen LogP contribution in [-0.4, -0.2) is 5.78 Å². The molecule has 4 aliphatic rings. The predicted molar refractivity (Wildman–Crippen MR) is 109 cm³/mol. The van der Waals surface area contributed by atoms with Crippen LogP contribution in [0.5, 0.6) is 0 Å². The van der Waals surface area contributed by atoms with Crippen molar-refractivity contribution in [3.8, 4) is 0 Å². The van der Waals surface area contributed by atoms with Crippen LogP contribution in [-0.2, 0) is 4.79 Å². The molecular weight excluding hydrogens is 316 g/mol. The third kappa shape index (κ3) is 2.67. The molecule has 26 heavy (non-hydrogen) atoms. The molecule has 0 N–H and O–H groups in total. The standard InChI is InChI=1S/C25H40O/c1-5-7-17(6-2)21-10-11-22-20-9-8-18-16-19(26)12-14-24(18,3)23(20)13-15-25(21,22)4/h16-17,20-23H,5-15H2,1-4H3/t17?,20?,21?,22?,23?,24-,25+/m0/s1. The minimum Gasteiger partial charge on any atom is -0.295 e. The number of hydrogen-bond acceptors (Lipinski definition) is 1. The number of fused-ring (bicyclic) bond motifs is 5. The maximum atomic E-state index is 12.0. The predicted octanol–water partition coefficient (Wildman–Crippen LogP) is 6.96. The molecule has 0 radical (unpaired) electrons. The highest BCUT2D eigenvalue weighted by molar-refractivity contribution is 5.91. The van der Waals surface area contributed by atoms with E-state index in [1.54, 1.807) is 0 Å². The first-order valence-electron chi connectivity index (χ1n) is 11.7. The molecule has 0 saturated heterocycles. The summed E-state index contributed by atoms with van der Waals surface area (Å²) in [5, 5.41) is 0. The van der Waals surface area contributed by atoms with Crippen molar-refractivity contribution >= 4 is 5.78 Å². The smallest absolute Gasteiger partial charge is 0.155 e. The van der Waals surface area contributed by atoms with E-state index in [4.69, 9.17) is 0 Å². The van der Waals surface area contributed by atoms with Gasteiger partial charge in [0.15, 0.2) is 5.78 Å². The van der Waals surface area contributed by atoms with Crippen LogP contribution in [0.2, 0.25) is 0 Å². The molecule has 3 fully saturated rings. The summed E-state index contributed by atoms with van der Waals surface area (Å²) in [5.41, 5.74) is 2.45. The van der Waals surface area contributed by atoms with Crippen LogP contribution in [0.15, 0.2) is 11.6 Å². The lowest BCUT2D eigenvalue weighted by Gasteiger charge is -2.58. The number of rotatable bonds is 4. The number of carbonyl (C=O) groups is 1. The molecule has 5 unspecified atom stereocenters. The second-order valence-electron chi connectivity index (χ2n) is 10.7. The van der Waals surface area contributed by atoms with Gasteiger partial charge in [0.2, 0.25) is 0 Å². The number of allylic oxidation sites excluding steroid dienone is 1. The van der Waals surface area contributed by atoms with Gasteiger partial charge in [-0.25, -0.2) is 0 Å². The fourth-order valence-electron chi connectivity index (χ4n) is 8.43. The van der Waals surface area contributed by atoms with E-state index < -0.39 is 0 Å². The molecule has 0 aromatic rings. The minimum atomic E-state index is 0.337. The minimum absolute atomic E-state index is 0.337. The summed E-state index contributed by atoms with van der Waals surface area (Å²) in [7, 11) is 0. The van der Waals surface area contributed by atoms with Crippen molar-refractivity contribution in [1.82, 2.24) is 0 Å². The van der Waals surface area contributed by atoms with Gasteiger partial charge < -0.3 is 0 Å². The lowest BCUT2D eigenvalue weighted by atomic mass is 9.46. The highest BCUT2D eigenvalue weighted by Gasteiger charge is 2.59. The van der Waals surface area contributed by atoms with E-state index in [0.717, 1.165) is 42.4 Å². The molecule has 146 valence electrons. The normalized spacial score (nSPS) is 46.2. The lowest BCUT2D eigenvalue weighted by Crippen LogP contribution is -2.51. The molecule has 1 nitrogen and oxygen atoms in total. The average molecular weight is 357 g/mol. The summed E-state index contributed by atoms with van der Waals surface area (Å²) >= 11 is 0. The Morgan fingerprint density at radius 2 is 1.85 bits per heavy atom. The maximum absolute atomic E-state index is 12.0. The van der Waals surface area contributed by atoms with Crippen molar-refractivity contribution in [2.75, 3.05) is 0 Å². The molecule has 1 heteroatoms. The summed E-state index contributed by atoms with van der Waals surface area (Å²) in [6.45, 7) is 10.0. The first-order valence-corrected chi connectivity index (χ1v) is 11.7. The van der Waals surface area contributed by atoms with Gasteiger partial charge in [0.1, 0.15) is 0 Å². The molecule has 0 spiro atoms. The van der Waals surface area contributed by atoms with Gasteiger partial charge in [-0.05, 0) is 91.4 Å². The summed E-state index contributed by atoms with van der Waals surface area (Å²) in [6, 6.07) is 0. The number of hydrogen-bond donors (Lipinski definition) is 0. The van der Waals surface area contributed by atoms with E-state index in [9.17, 15) is 4.79 Å². The Hall–Kier alpha value is -0.590. The van der Waals surface area contributed by atoms with E-state index in [0.29, 0.717) is 16.6 Å². The molecule has 7 atom stereocenters. The zero-order valence-corrected chi connectivity index (χ0v) is 17.7. The zero-order chi connectivity index (χ0) is 18.5. The van der Waals surface area contributed by atoms with Crippen LogP contribution in [0.1, 0.15) is 98.3 Å².